The van der Waals surface area contributed by atoms with E-state index in [0.717, 1.165) is 19.6 Å². The quantitative estimate of drug-likeness (QED) is 0.848. The van der Waals surface area contributed by atoms with Crippen molar-refractivity contribution in [2.45, 2.75) is 58.2 Å². The molecule has 1 aliphatic heterocycles. The molecule has 0 unspecified atom stereocenters. The summed E-state index contributed by atoms with van der Waals surface area (Å²) in [5.74, 6) is 0. The van der Waals surface area contributed by atoms with Crippen molar-refractivity contribution in [3.63, 3.8) is 0 Å². The second kappa shape index (κ2) is 5.49. The van der Waals surface area contributed by atoms with Gasteiger partial charge < -0.3 is 5.32 Å². The highest BCUT2D eigenvalue weighted by molar-refractivity contribution is 5.85. The zero-order valence-corrected chi connectivity index (χ0v) is 11.8. The first kappa shape index (κ1) is 13.7. The first-order chi connectivity index (χ1) is 8.29. The Labute approximate surface area is 114 Å². The zero-order chi connectivity index (χ0) is 11.8. The van der Waals surface area contributed by atoms with Crippen LogP contribution in [0.2, 0.25) is 0 Å². The van der Waals surface area contributed by atoms with Crippen LogP contribution in [0.4, 0.5) is 0 Å². The number of imidazole rings is 1. The molecule has 2 heterocycles. The maximum Gasteiger partial charge on any atom is 0.328 e. The molecule has 0 aromatic carbocycles. The summed E-state index contributed by atoms with van der Waals surface area (Å²) in [7, 11) is 0. The minimum absolute atomic E-state index is 0. The van der Waals surface area contributed by atoms with Crippen molar-refractivity contribution in [3.05, 3.63) is 21.9 Å². The third kappa shape index (κ3) is 2.12. The average Bonchev–Trinajstić information content (AvgIpc) is 2.64. The van der Waals surface area contributed by atoms with E-state index in [1.807, 2.05) is 4.57 Å². The second-order valence-electron chi connectivity index (χ2n) is 5.30. The van der Waals surface area contributed by atoms with Crippen molar-refractivity contribution < 1.29 is 0 Å². The van der Waals surface area contributed by atoms with E-state index in [1.165, 1.54) is 43.5 Å². The third-order valence-corrected chi connectivity index (χ3v) is 4.29. The number of halogens is 1. The molecule has 1 fully saturated rings. The molecule has 4 nitrogen and oxygen atoms in total. The molecule has 0 amide bonds. The lowest BCUT2D eigenvalue weighted by Crippen LogP contribution is -2.35. The van der Waals surface area contributed by atoms with Crippen LogP contribution in [0.15, 0.2) is 4.79 Å². The highest BCUT2D eigenvalue weighted by atomic mass is 35.5. The van der Waals surface area contributed by atoms with Crippen molar-refractivity contribution in [1.29, 1.82) is 0 Å². The maximum absolute atomic E-state index is 12.4. The topological polar surface area (TPSA) is 39.0 Å². The van der Waals surface area contributed by atoms with Crippen LogP contribution >= 0.6 is 12.4 Å². The fourth-order valence-corrected chi connectivity index (χ4v) is 3.34. The summed E-state index contributed by atoms with van der Waals surface area (Å²) in [5, 5.41) is 3.35. The van der Waals surface area contributed by atoms with Crippen molar-refractivity contribution in [2.24, 2.45) is 0 Å². The van der Waals surface area contributed by atoms with Gasteiger partial charge in [0, 0.05) is 31.4 Å². The molecule has 0 spiro atoms. The SMILES string of the molecule is Cc1c2n(c(=O)n1C1CCCCC1)CCNC2.Cl. The van der Waals surface area contributed by atoms with Crippen LogP contribution in [0.1, 0.15) is 49.5 Å². The van der Waals surface area contributed by atoms with E-state index in [9.17, 15) is 4.79 Å². The Morgan fingerprint density at radius 3 is 2.61 bits per heavy atom. The van der Waals surface area contributed by atoms with Gasteiger partial charge in [-0.15, -0.1) is 12.4 Å². The Bertz CT molecular complexity index is 471. The molecular formula is C13H22ClN3O. The lowest BCUT2D eigenvalue weighted by Gasteiger charge is -2.23. The molecule has 3 rings (SSSR count). The fraction of sp³-hybridized carbons (Fsp3) is 0.769. The van der Waals surface area contributed by atoms with E-state index in [2.05, 4.69) is 16.8 Å². The van der Waals surface area contributed by atoms with Gasteiger partial charge in [-0.05, 0) is 19.8 Å². The fourth-order valence-electron chi connectivity index (χ4n) is 3.34. The highest BCUT2D eigenvalue weighted by Gasteiger charge is 2.24. The van der Waals surface area contributed by atoms with Gasteiger partial charge in [-0.2, -0.15) is 0 Å². The number of rotatable bonds is 1. The smallest absolute Gasteiger partial charge is 0.309 e. The molecule has 102 valence electrons. The molecule has 0 atom stereocenters. The van der Waals surface area contributed by atoms with E-state index < -0.39 is 0 Å². The summed E-state index contributed by atoms with van der Waals surface area (Å²) >= 11 is 0. The number of fused-ring (bicyclic) bond motifs is 1. The highest BCUT2D eigenvalue weighted by Crippen LogP contribution is 2.29. The Morgan fingerprint density at radius 1 is 1.22 bits per heavy atom. The molecule has 5 heteroatoms. The van der Waals surface area contributed by atoms with Crippen LogP contribution in [0.5, 0.6) is 0 Å². The Balaban J connectivity index is 0.00000120. The van der Waals surface area contributed by atoms with Crippen LogP contribution in [-0.2, 0) is 13.1 Å². The van der Waals surface area contributed by atoms with Gasteiger partial charge in [-0.3, -0.25) is 9.13 Å². The molecular weight excluding hydrogens is 250 g/mol. The van der Waals surface area contributed by atoms with Gasteiger partial charge in [0.25, 0.3) is 0 Å². The first-order valence-corrected chi connectivity index (χ1v) is 6.80. The summed E-state index contributed by atoms with van der Waals surface area (Å²) in [6.07, 6.45) is 6.24. The summed E-state index contributed by atoms with van der Waals surface area (Å²) in [4.78, 5) is 12.4. The molecule has 1 aliphatic carbocycles. The van der Waals surface area contributed by atoms with Crippen molar-refractivity contribution in [3.8, 4) is 0 Å². The van der Waals surface area contributed by atoms with Crippen LogP contribution in [0.25, 0.3) is 0 Å². The summed E-state index contributed by atoms with van der Waals surface area (Å²) in [5.41, 5.74) is 2.62. The van der Waals surface area contributed by atoms with Crippen molar-refractivity contribution in [2.75, 3.05) is 6.54 Å². The van der Waals surface area contributed by atoms with E-state index in [-0.39, 0.29) is 18.1 Å². The van der Waals surface area contributed by atoms with Gasteiger partial charge in [0.2, 0.25) is 0 Å². The lowest BCUT2D eigenvalue weighted by atomic mass is 9.95. The van der Waals surface area contributed by atoms with E-state index >= 15 is 0 Å². The standard InChI is InChI=1S/C13H21N3O.ClH/c1-10-12-9-14-7-8-15(12)13(17)16(10)11-5-3-2-4-6-11;/h11,14H,2-9H2,1H3;1H. The van der Waals surface area contributed by atoms with E-state index in [0.29, 0.717) is 6.04 Å². The summed E-state index contributed by atoms with van der Waals surface area (Å²) < 4.78 is 4.04. The first-order valence-electron chi connectivity index (χ1n) is 6.80. The largest absolute Gasteiger partial charge is 0.328 e. The second-order valence-corrected chi connectivity index (χ2v) is 5.30. The van der Waals surface area contributed by atoms with Crippen LogP contribution in [0.3, 0.4) is 0 Å². The van der Waals surface area contributed by atoms with Gasteiger partial charge in [-0.25, -0.2) is 4.79 Å². The van der Waals surface area contributed by atoms with Gasteiger partial charge in [0.1, 0.15) is 0 Å². The van der Waals surface area contributed by atoms with Gasteiger partial charge in [0.05, 0.1) is 5.69 Å². The normalized spacial score (nSPS) is 20.3. The molecule has 1 N–H and O–H groups in total. The number of hydrogen-bond acceptors (Lipinski definition) is 2. The molecule has 0 saturated heterocycles. The van der Waals surface area contributed by atoms with Crippen LogP contribution < -0.4 is 11.0 Å². The van der Waals surface area contributed by atoms with Gasteiger partial charge >= 0.3 is 5.69 Å². The van der Waals surface area contributed by atoms with Crippen molar-refractivity contribution >= 4 is 12.4 Å². The predicted octanol–water partition coefficient (Wildman–Crippen LogP) is 1.99. The third-order valence-electron chi connectivity index (χ3n) is 4.29. The van der Waals surface area contributed by atoms with Gasteiger partial charge in [-0.1, -0.05) is 19.3 Å². The Hall–Kier alpha value is -0.740. The van der Waals surface area contributed by atoms with Crippen LogP contribution in [-0.4, -0.2) is 15.7 Å². The molecule has 1 aromatic heterocycles. The monoisotopic (exact) mass is 271 g/mol. The maximum atomic E-state index is 12.4. The molecule has 0 radical (unpaired) electrons. The minimum atomic E-state index is 0. The number of hydrogen-bond donors (Lipinski definition) is 1. The van der Waals surface area contributed by atoms with E-state index in [1.54, 1.807) is 0 Å². The summed E-state index contributed by atoms with van der Waals surface area (Å²) in [6.45, 7) is 4.70. The minimum Gasteiger partial charge on any atom is -0.309 e. The summed E-state index contributed by atoms with van der Waals surface area (Å²) in [6, 6.07) is 0.453. The zero-order valence-electron chi connectivity index (χ0n) is 10.9. The number of nitrogens with zero attached hydrogens (tertiary/aromatic N) is 2. The van der Waals surface area contributed by atoms with Gasteiger partial charge in [0.15, 0.2) is 0 Å². The Morgan fingerprint density at radius 2 is 1.94 bits per heavy atom. The lowest BCUT2D eigenvalue weighted by molar-refractivity contribution is 0.339. The molecule has 1 aromatic rings. The molecule has 18 heavy (non-hydrogen) atoms. The molecule has 1 saturated carbocycles. The van der Waals surface area contributed by atoms with E-state index in [4.69, 9.17) is 0 Å². The number of aromatic nitrogens is 2. The van der Waals surface area contributed by atoms with Crippen molar-refractivity contribution in [1.82, 2.24) is 14.5 Å². The van der Waals surface area contributed by atoms with Crippen LogP contribution in [0, 0.1) is 6.92 Å². The number of nitrogens with one attached hydrogen (secondary N) is 1. The average molecular weight is 272 g/mol. The Kier molecular flexibility index (Phi) is 4.17. The molecule has 2 aliphatic rings. The predicted molar refractivity (Wildman–Crippen MR) is 74.5 cm³/mol. The molecule has 0 bridgehead atoms.